The minimum absolute atomic E-state index is 0.415. The Hall–Kier alpha value is -2.79. The average molecular weight is 314 g/mol. The third-order valence-corrected chi connectivity index (χ3v) is 3.65. The minimum atomic E-state index is -4.41. The predicted octanol–water partition coefficient (Wildman–Crippen LogP) is 4.70. The van der Waals surface area contributed by atoms with Gasteiger partial charge >= 0.3 is 6.18 Å². The number of nitrogens with zero attached hydrogens (tertiary/aromatic N) is 2. The van der Waals surface area contributed by atoms with Crippen molar-refractivity contribution in [2.24, 2.45) is 5.92 Å². The summed E-state index contributed by atoms with van der Waals surface area (Å²) < 4.78 is 38.0. The normalized spacial score (nSPS) is 12.4. The van der Waals surface area contributed by atoms with Crippen molar-refractivity contribution in [1.29, 1.82) is 10.5 Å². The van der Waals surface area contributed by atoms with E-state index in [1.54, 1.807) is 0 Å². The lowest BCUT2D eigenvalue weighted by Crippen LogP contribution is -2.13. The summed E-state index contributed by atoms with van der Waals surface area (Å²) in [4.78, 5) is 0. The van der Waals surface area contributed by atoms with Gasteiger partial charge in [0.05, 0.1) is 17.7 Å². The van der Waals surface area contributed by atoms with Gasteiger partial charge < -0.3 is 0 Å². The van der Waals surface area contributed by atoms with Gasteiger partial charge in [-0.15, -0.1) is 0 Å². The van der Waals surface area contributed by atoms with Gasteiger partial charge in [0, 0.05) is 5.92 Å². The van der Waals surface area contributed by atoms with Gasteiger partial charge in [0.2, 0.25) is 0 Å². The maximum atomic E-state index is 12.7. The van der Waals surface area contributed by atoms with Crippen LogP contribution in [0.4, 0.5) is 13.2 Å². The fraction of sp³-hybridized carbons (Fsp3) is 0.222. The number of nitriles is 2. The molecule has 0 saturated heterocycles. The molecule has 0 aliphatic rings. The molecule has 0 fully saturated rings. The SMILES string of the molecule is N#CC(C#N)C(Cc1ccccc1)c1ccc(C(F)(F)F)cc1. The van der Waals surface area contributed by atoms with Gasteiger partial charge in [-0.2, -0.15) is 23.7 Å². The molecule has 0 amide bonds. The third-order valence-electron chi connectivity index (χ3n) is 3.65. The highest BCUT2D eigenvalue weighted by atomic mass is 19.4. The Morgan fingerprint density at radius 1 is 0.870 bits per heavy atom. The van der Waals surface area contributed by atoms with Crippen molar-refractivity contribution in [3.05, 3.63) is 71.3 Å². The lowest BCUT2D eigenvalue weighted by molar-refractivity contribution is -0.137. The van der Waals surface area contributed by atoms with Crippen LogP contribution in [0.5, 0.6) is 0 Å². The minimum Gasteiger partial charge on any atom is -0.197 e. The van der Waals surface area contributed by atoms with Crippen molar-refractivity contribution in [3.8, 4) is 12.1 Å². The zero-order valence-corrected chi connectivity index (χ0v) is 12.1. The fourth-order valence-corrected chi connectivity index (χ4v) is 2.42. The lowest BCUT2D eigenvalue weighted by atomic mass is 9.82. The average Bonchev–Trinajstić information content (AvgIpc) is 2.55. The Balaban J connectivity index is 2.34. The maximum absolute atomic E-state index is 12.7. The summed E-state index contributed by atoms with van der Waals surface area (Å²) in [5.41, 5.74) is 0.730. The summed E-state index contributed by atoms with van der Waals surface area (Å²) in [5.74, 6) is -1.40. The van der Waals surface area contributed by atoms with Crippen LogP contribution in [0, 0.1) is 28.6 Å². The van der Waals surface area contributed by atoms with E-state index in [0.717, 1.165) is 17.7 Å². The molecule has 5 heteroatoms. The summed E-state index contributed by atoms with van der Waals surface area (Å²) in [6, 6.07) is 17.8. The second-order valence-electron chi connectivity index (χ2n) is 5.15. The molecule has 116 valence electrons. The maximum Gasteiger partial charge on any atom is 0.416 e. The van der Waals surface area contributed by atoms with Crippen LogP contribution in [0.25, 0.3) is 0 Å². The Kier molecular flexibility index (Phi) is 5.03. The van der Waals surface area contributed by atoms with Crippen LogP contribution in [-0.2, 0) is 12.6 Å². The first kappa shape index (κ1) is 16.6. The van der Waals surface area contributed by atoms with Crippen molar-refractivity contribution in [2.75, 3.05) is 0 Å². The third kappa shape index (κ3) is 4.11. The number of alkyl halides is 3. The van der Waals surface area contributed by atoms with E-state index in [1.807, 2.05) is 42.5 Å². The van der Waals surface area contributed by atoms with Crippen molar-refractivity contribution in [1.82, 2.24) is 0 Å². The Morgan fingerprint density at radius 2 is 1.43 bits per heavy atom. The van der Waals surface area contributed by atoms with Crippen molar-refractivity contribution >= 4 is 0 Å². The van der Waals surface area contributed by atoms with E-state index in [0.29, 0.717) is 12.0 Å². The summed E-state index contributed by atoms with van der Waals surface area (Å²) in [6.45, 7) is 0. The van der Waals surface area contributed by atoms with Crippen LogP contribution >= 0.6 is 0 Å². The lowest BCUT2D eigenvalue weighted by Gasteiger charge is -2.19. The number of hydrogen-bond donors (Lipinski definition) is 0. The number of hydrogen-bond acceptors (Lipinski definition) is 2. The van der Waals surface area contributed by atoms with Crippen LogP contribution in [0.3, 0.4) is 0 Å². The highest BCUT2D eigenvalue weighted by Crippen LogP contribution is 2.33. The molecule has 2 rings (SSSR count). The molecule has 2 aromatic carbocycles. The molecule has 0 bridgehead atoms. The first-order chi connectivity index (χ1) is 11.0. The number of rotatable bonds is 4. The molecule has 1 atom stereocenters. The molecule has 2 aromatic rings. The van der Waals surface area contributed by atoms with Crippen LogP contribution in [0.1, 0.15) is 22.6 Å². The van der Waals surface area contributed by atoms with E-state index in [1.165, 1.54) is 12.1 Å². The summed E-state index contributed by atoms with van der Waals surface area (Å²) >= 11 is 0. The van der Waals surface area contributed by atoms with Gasteiger partial charge in [0.25, 0.3) is 0 Å². The molecular weight excluding hydrogens is 301 g/mol. The second kappa shape index (κ2) is 6.98. The van der Waals surface area contributed by atoms with Crippen LogP contribution in [0.2, 0.25) is 0 Å². The molecule has 0 aromatic heterocycles. The smallest absolute Gasteiger partial charge is 0.197 e. The number of halogens is 3. The first-order valence-electron chi connectivity index (χ1n) is 6.96. The molecule has 0 radical (unpaired) electrons. The van der Waals surface area contributed by atoms with Gasteiger partial charge in [-0.1, -0.05) is 42.5 Å². The molecule has 1 unspecified atom stereocenters. The Labute approximate surface area is 132 Å². The van der Waals surface area contributed by atoms with Gasteiger partial charge in [-0.05, 0) is 29.7 Å². The van der Waals surface area contributed by atoms with E-state index < -0.39 is 23.6 Å². The highest BCUT2D eigenvalue weighted by Gasteiger charge is 2.31. The molecule has 0 spiro atoms. The molecule has 0 saturated carbocycles. The fourth-order valence-electron chi connectivity index (χ4n) is 2.42. The quantitative estimate of drug-likeness (QED) is 0.821. The van der Waals surface area contributed by atoms with Gasteiger partial charge in [-0.3, -0.25) is 0 Å². The molecule has 0 aliphatic carbocycles. The van der Waals surface area contributed by atoms with Crippen molar-refractivity contribution in [2.45, 2.75) is 18.5 Å². The number of benzene rings is 2. The molecule has 0 aliphatic heterocycles. The Bertz CT molecular complexity index is 708. The van der Waals surface area contributed by atoms with Gasteiger partial charge in [0.1, 0.15) is 5.92 Å². The van der Waals surface area contributed by atoms with E-state index in [4.69, 9.17) is 10.5 Å². The summed E-state index contributed by atoms with van der Waals surface area (Å²) in [5, 5.41) is 18.3. The van der Waals surface area contributed by atoms with E-state index in [-0.39, 0.29) is 0 Å². The monoisotopic (exact) mass is 314 g/mol. The topological polar surface area (TPSA) is 47.6 Å². The standard InChI is InChI=1S/C18H13F3N2/c19-18(20,21)16-8-6-14(7-9-16)17(15(11-22)12-23)10-13-4-2-1-3-5-13/h1-9,15,17H,10H2. The highest BCUT2D eigenvalue weighted by molar-refractivity contribution is 5.32. The van der Waals surface area contributed by atoms with Crippen molar-refractivity contribution in [3.63, 3.8) is 0 Å². The molecule has 23 heavy (non-hydrogen) atoms. The summed E-state index contributed by atoms with van der Waals surface area (Å²) in [7, 11) is 0. The van der Waals surface area contributed by atoms with E-state index in [2.05, 4.69) is 0 Å². The predicted molar refractivity (Wildman–Crippen MR) is 79.0 cm³/mol. The van der Waals surface area contributed by atoms with E-state index >= 15 is 0 Å². The zero-order valence-electron chi connectivity index (χ0n) is 12.1. The molecule has 2 nitrogen and oxygen atoms in total. The van der Waals surface area contributed by atoms with Crippen LogP contribution in [0.15, 0.2) is 54.6 Å². The van der Waals surface area contributed by atoms with Crippen LogP contribution in [-0.4, -0.2) is 0 Å². The largest absolute Gasteiger partial charge is 0.416 e. The summed E-state index contributed by atoms with van der Waals surface area (Å²) in [6.07, 6.45) is -3.99. The van der Waals surface area contributed by atoms with Gasteiger partial charge in [0.15, 0.2) is 0 Å². The van der Waals surface area contributed by atoms with Gasteiger partial charge in [-0.25, -0.2) is 0 Å². The van der Waals surface area contributed by atoms with Crippen molar-refractivity contribution < 1.29 is 13.2 Å². The molecular formula is C18H13F3N2. The van der Waals surface area contributed by atoms with E-state index in [9.17, 15) is 13.2 Å². The second-order valence-corrected chi connectivity index (χ2v) is 5.15. The first-order valence-corrected chi connectivity index (χ1v) is 6.96. The zero-order chi connectivity index (χ0) is 16.9. The molecule has 0 heterocycles. The molecule has 0 N–H and O–H groups in total. The van der Waals surface area contributed by atoms with Crippen LogP contribution < -0.4 is 0 Å². The Morgan fingerprint density at radius 3 is 1.91 bits per heavy atom.